The standard InChI is InChI=1S/C27H30N2O2/c1-27(2,3)14-6-5-7-15-29(4)19-22-10-9-13-25(17-22)30-20-23-11-8-12-24(16-23)26-18-28-21-31-26/h5,7-13,16-18,21H,15,19-20H2,1-4H3. The van der Waals surface area contributed by atoms with Crippen molar-refractivity contribution in [2.24, 2.45) is 5.41 Å². The zero-order valence-corrected chi connectivity index (χ0v) is 18.8. The van der Waals surface area contributed by atoms with Crippen molar-refractivity contribution in [1.29, 1.82) is 0 Å². The summed E-state index contributed by atoms with van der Waals surface area (Å²) in [5.74, 6) is 7.94. The molecular formula is C27H30N2O2. The summed E-state index contributed by atoms with van der Waals surface area (Å²) in [6, 6.07) is 16.4. The van der Waals surface area contributed by atoms with E-state index >= 15 is 0 Å². The van der Waals surface area contributed by atoms with Crippen molar-refractivity contribution in [3.8, 4) is 28.9 Å². The highest BCUT2D eigenvalue weighted by Crippen LogP contribution is 2.21. The van der Waals surface area contributed by atoms with Crippen LogP contribution in [0, 0.1) is 17.3 Å². The van der Waals surface area contributed by atoms with Gasteiger partial charge >= 0.3 is 0 Å². The van der Waals surface area contributed by atoms with Crippen LogP contribution >= 0.6 is 0 Å². The summed E-state index contributed by atoms with van der Waals surface area (Å²) in [5, 5.41) is 0. The van der Waals surface area contributed by atoms with E-state index in [0.717, 1.165) is 35.7 Å². The molecule has 0 saturated carbocycles. The molecule has 1 aromatic heterocycles. The van der Waals surface area contributed by atoms with E-state index in [-0.39, 0.29) is 5.41 Å². The molecule has 2 aromatic carbocycles. The van der Waals surface area contributed by atoms with E-state index in [1.807, 2.05) is 36.4 Å². The third kappa shape index (κ3) is 7.81. The topological polar surface area (TPSA) is 38.5 Å². The highest BCUT2D eigenvalue weighted by molar-refractivity contribution is 5.57. The largest absolute Gasteiger partial charge is 0.489 e. The van der Waals surface area contributed by atoms with E-state index in [0.29, 0.717) is 6.61 Å². The Bertz CT molecular complexity index is 1050. The number of aromatic nitrogens is 1. The third-order valence-corrected chi connectivity index (χ3v) is 4.47. The summed E-state index contributed by atoms with van der Waals surface area (Å²) in [4.78, 5) is 6.22. The molecule has 0 N–H and O–H groups in total. The molecule has 0 aliphatic rings. The van der Waals surface area contributed by atoms with Gasteiger partial charge in [-0.25, -0.2) is 4.98 Å². The van der Waals surface area contributed by atoms with Crippen LogP contribution in [0.4, 0.5) is 0 Å². The Hall–Kier alpha value is -3.29. The van der Waals surface area contributed by atoms with Gasteiger partial charge in [-0.15, -0.1) is 0 Å². The predicted molar refractivity (Wildman–Crippen MR) is 125 cm³/mol. The molecule has 4 nitrogen and oxygen atoms in total. The Labute approximate surface area is 185 Å². The number of nitrogens with zero attached hydrogens (tertiary/aromatic N) is 2. The van der Waals surface area contributed by atoms with Gasteiger partial charge in [0.25, 0.3) is 0 Å². The summed E-state index contributed by atoms with van der Waals surface area (Å²) < 4.78 is 11.4. The smallest absolute Gasteiger partial charge is 0.181 e. The summed E-state index contributed by atoms with van der Waals surface area (Å²) in [6.45, 7) is 8.52. The van der Waals surface area contributed by atoms with Crippen molar-refractivity contribution in [1.82, 2.24) is 9.88 Å². The van der Waals surface area contributed by atoms with E-state index < -0.39 is 0 Å². The maximum Gasteiger partial charge on any atom is 0.181 e. The predicted octanol–water partition coefficient (Wildman–Crippen LogP) is 5.96. The lowest BCUT2D eigenvalue weighted by Gasteiger charge is -2.15. The summed E-state index contributed by atoms with van der Waals surface area (Å²) in [7, 11) is 2.10. The van der Waals surface area contributed by atoms with E-state index in [1.165, 1.54) is 12.0 Å². The number of oxazole rings is 1. The first kappa shape index (κ1) is 22.4. The second kappa shape index (κ2) is 10.7. The van der Waals surface area contributed by atoms with E-state index in [9.17, 15) is 0 Å². The molecule has 0 saturated heterocycles. The van der Waals surface area contributed by atoms with Crippen molar-refractivity contribution in [3.05, 3.63) is 84.4 Å². The second-order valence-electron chi connectivity index (χ2n) is 8.62. The van der Waals surface area contributed by atoms with E-state index in [2.05, 4.69) is 73.8 Å². The van der Waals surface area contributed by atoms with Gasteiger partial charge in [-0.05, 0) is 63.2 Å². The van der Waals surface area contributed by atoms with Crippen LogP contribution in [0.3, 0.4) is 0 Å². The highest BCUT2D eigenvalue weighted by atomic mass is 16.5. The molecule has 0 unspecified atom stereocenters. The molecule has 4 heteroatoms. The van der Waals surface area contributed by atoms with Crippen LogP contribution in [0.25, 0.3) is 11.3 Å². The first-order valence-electron chi connectivity index (χ1n) is 10.4. The molecule has 0 radical (unpaired) electrons. The lowest BCUT2D eigenvalue weighted by atomic mass is 9.98. The molecule has 3 aromatic rings. The quantitative estimate of drug-likeness (QED) is 0.427. The number of rotatable bonds is 8. The fourth-order valence-electron chi connectivity index (χ4n) is 3.00. The SMILES string of the molecule is CN(CC=CC#CC(C)(C)C)Cc1cccc(OCc2cccc(-c3cnco3)c2)c1. The molecule has 3 rings (SSSR count). The van der Waals surface area contributed by atoms with Gasteiger partial charge in [0.15, 0.2) is 12.2 Å². The van der Waals surface area contributed by atoms with Gasteiger partial charge in [0.1, 0.15) is 12.4 Å². The van der Waals surface area contributed by atoms with Gasteiger partial charge in [-0.1, -0.05) is 48.2 Å². The molecular weight excluding hydrogens is 384 g/mol. The molecule has 0 fully saturated rings. The van der Waals surface area contributed by atoms with Crippen LogP contribution in [-0.4, -0.2) is 23.5 Å². The number of benzene rings is 2. The minimum absolute atomic E-state index is 0.0357. The second-order valence-corrected chi connectivity index (χ2v) is 8.62. The van der Waals surface area contributed by atoms with Crippen molar-refractivity contribution in [2.75, 3.05) is 13.6 Å². The molecule has 0 bridgehead atoms. The van der Waals surface area contributed by atoms with Gasteiger partial charge in [0.05, 0.1) is 6.20 Å². The average molecular weight is 415 g/mol. The van der Waals surface area contributed by atoms with Crippen LogP contribution in [0.15, 0.2) is 77.7 Å². The lowest BCUT2D eigenvalue weighted by Crippen LogP contribution is -2.17. The molecule has 0 spiro atoms. The molecule has 0 atom stereocenters. The van der Waals surface area contributed by atoms with Crippen molar-refractivity contribution in [2.45, 2.75) is 33.9 Å². The van der Waals surface area contributed by atoms with Gasteiger partial charge in [-0.2, -0.15) is 0 Å². The fourth-order valence-corrected chi connectivity index (χ4v) is 3.00. The first-order chi connectivity index (χ1) is 14.9. The number of hydrogen-bond donors (Lipinski definition) is 0. The molecule has 1 heterocycles. The van der Waals surface area contributed by atoms with Crippen molar-refractivity contribution in [3.63, 3.8) is 0 Å². The molecule has 0 aliphatic carbocycles. The molecule has 160 valence electrons. The molecule has 0 aliphatic heterocycles. The Balaban J connectivity index is 1.53. The van der Waals surface area contributed by atoms with Crippen LogP contribution in [-0.2, 0) is 13.2 Å². The Kier molecular flexibility index (Phi) is 7.70. The van der Waals surface area contributed by atoms with E-state index in [1.54, 1.807) is 6.20 Å². The highest BCUT2D eigenvalue weighted by Gasteiger charge is 2.05. The summed E-state index contributed by atoms with van der Waals surface area (Å²) in [5.41, 5.74) is 3.32. The Morgan fingerprint density at radius 3 is 2.68 bits per heavy atom. The Morgan fingerprint density at radius 2 is 1.90 bits per heavy atom. The van der Waals surface area contributed by atoms with Gasteiger partial charge < -0.3 is 9.15 Å². The minimum atomic E-state index is 0.0357. The summed E-state index contributed by atoms with van der Waals surface area (Å²) >= 11 is 0. The van der Waals surface area contributed by atoms with E-state index in [4.69, 9.17) is 9.15 Å². The number of ether oxygens (including phenoxy) is 1. The minimum Gasteiger partial charge on any atom is -0.489 e. The molecule has 0 amide bonds. The van der Waals surface area contributed by atoms with Gasteiger partial charge in [0.2, 0.25) is 0 Å². The monoisotopic (exact) mass is 414 g/mol. The Morgan fingerprint density at radius 1 is 1.10 bits per heavy atom. The number of likely N-dealkylation sites (N-methyl/N-ethyl adjacent to an activating group) is 1. The lowest BCUT2D eigenvalue weighted by molar-refractivity contribution is 0.304. The van der Waals surface area contributed by atoms with Crippen LogP contribution in [0.1, 0.15) is 31.9 Å². The third-order valence-electron chi connectivity index (χ3n) is 4.47. The van der Waals surface area contributed by atoms with Crippen LogP contribution < -0.4 is 4.74 Å². The zero-order valence-electron chi connectivity index (χ0n) is 18.8. The van der Waals surface area contributed by atoms with Gasteiger partial charge in [-0.3, -0.25) is 4.90 Å². The van der Waals surface area contributed by atoms with Gasteiger partial charge in [0, 0.05) is 24.1 Å². The van der Waals surface area contributed by atoms with Crippen LogP contribution in [0.2, 0.25) is 0 Å². The zero-order chi connectivity index (χ0) is 22.1. The number of hydrogen-bond acceptors (Lipinski definition) is 4. The maximum atomic E-state index is 6.03. The normalized spacial score (nSPS) is 11.5. The number of allylic oxidation sites excluding steroid dienone is 1. The molecule has 31 heavy (non-hydrogen) atoms. The fraction of sp³-hybridized carbons (Fsp3) is 0.296. The van der Waals surface area contributed by atoms with Crippen LogP contribution in [0.5, 0.6) is 5.75 Å². The maximum absolute atomic E-state index is 6.03. The summed E-state index contributed by atoms with van der Waals surface area (Å²) in [6.07, 6.45) is 7.19. The average Bonchev–Trinajstić information content (AvgIpc) is 3.27. The van der Waals surface area contributed by atoms with Crippen molar-refractivity contribution < 1.29 is 9.15 Å². The van der Waals surface area contributed by atoms with Crippen molar-refractivity contribution >= 4 is 0 Å². The first-order valence-corrected chi connectivity index (χ1v) is 10.4.